The van der Waals surface area contributed by atoms with E-state index in [-0.39, 0.29) is 16.4 Å². The largest absolute Gasteiger partial charge is 0.426 e. The molecule has 0 aliphatic rings. The van der Waals surface area contributed by atoms with Crippen LogP contribution >= 0.6 is 31.9 Å². The fourth-order valence-corrected chi connectivity index (χ4v) is 3.21. The van der Waals surface area contributed by atoms with Crippen molar-refractivity contribution in [2.75, 3.05) is 5.33 Å². The molecule has 6 heteroatoms. The quantitative estimate of drug-likeness (QED) is 0.439. The highest BCUT2D eigenvalue weighted by molar-refractivity contribution is 9.12. The summed E-state index contributed by atoms with van der Waals surface area (Å²) in [5.74, 6) is 0.166. The third kappa shape index (κ3) is 3.69. The van der Waals surface area contributed by atoms with Crippen molar-refractivity contribution >= 4 is 48.7 Å². The molecule has 1 heterocycles. The number of carbonyl (C=O) groups is 1. The van der Waals surface area contributed by atoms with E-state index in [1.165, 1.54) is 6.92 Å². The van der Waals surface area contributed by atoms with Crippen LogP contribution in [0.1, 0.15) is 29.2 Å². The summed E-state index contributed by atoms with van der Waals surface area (Å²) >= 11 is 7.05. The molecule has 1 N–H and O–H groups in total. The lowest BCUT2D eigenvalue weighted by atomic mass is 9.97. The first-order valence-corrected chi connectivity index (χ1v) is 9.34. The molecular weight excluding hydrogens is 426 g/mol. The number of hydrogen-bond donors (Lipinski definition) is 1. The number of benzene rings is 1. The van der Waals surface area contributed by atoms with Crippen LogP contribution in [0.4, 0.5) is 0 Å². The van der Waals surface area contributed by atoms with Crippen molar-refractivity contribution < 1.29 is 9.53 Å². The van der Waals surface area contributed by atoms with Crippen molar-refractivity contribution in [2.24, 2.45) is 0 Å². The molecule has 0 radical (unpaired) electrons. The number of nitrogens with one attached hydrogen (secondary N) is 1. The molecule has 2 aromatic rings. The highest BCUT2D eigenvalue weighted by atomic mass is 79.9. The third-order valence-corrected chi connectivity index (χ3v) is 6.29. The van der Waals surface area contributed by atoms with Gasteiger partial charge in [-0.15, -0.1) is 0 Å². The Morgan fingerprint density at radius 3 is 2.48 bits per heavy atom. The molecule has 1 aromatic heterocycles. The molecule has 1 aromatic carbocycles. The Balaban J connectivity index is 2.80. The first kappa shape index (κ1) is 18.2. The highest BCUT2D eigenvalue weighted by Gasteiger charge is 2.18. The topological polar surface area (TPSA) is 59.2 Å². The van der Waals surface area contributed by atoms with Gasteiger partial charge in [0.15, 0.2) is 0 Å². The average Bonchev–Trinajstić information content (AvgIpc) is 2.49. The van der Waals surface area contributed by atoms with Crippen LogP contribution in [0, 0.1) is 20.8 Å². The second-order valence-electron chi connectivity index (χ2n) is 5.67. The fraction of sp³-hybridized carbons (Fsp3) is 0.412. The number of aromatic amines is 1. The predicted molar refractivity (Wildman–Crippen MR) is 100 cm³/mol. The zero-order valence-corrected chi connectivity index (χ0v) is 16.7. The van der Waals surface area contributed by atoms with Crippen molar-refractivity contribution in [1.29, 1.82) is 0 Å². The second kappa shape index (κ2) is 7.18. The third-order valence-electron chi connectivity index (χ3n) is 4.00. The van der Waals surface area contributed by atoms with Crippen LogP contribution < -0.4 is 10.3 Å². The van der Waals surface area contributed by atoms with E-state index in [1.54, 1.807) is 0 Å². The van der Waals surface area contributed by atoms with Gasteiger partial charge in [0.05, 0.1) is 5.52 Å². The molecule has 0 aliphatic heterocycles. The molecule has 0 saturated heterocycles. The Morgan fingerprint density at radius 1 is 1.26 bits per heavy atom. The van der Waals surface area contributed by atoms with Gasteiger partial charge in [-0.25, -0.2) is 0 Å². The van der Waals surface area contributed by atoms with Crippen LogP contribution in [0.25, 0.3) is 10.9 Å². The number of aromatic nitrogens is 1. The van der Waals surface area contributed by atoms with E-state index in [2.05, 4.69) is 36.8 Å². The van der Waals surface area contributed by atoms with Crippen LogP contribution in [-0.4, -0.2) is 21.1 Å². The zero-order chi connectivity index (χ0) is 17.3. The summed E-state index contributed by atoms with van der Waals surface area (Å²) in [6.45, 7) is 7.00. The maximum atomic E-state index is 12.1. The Labute approximate surface area is 151 Å². The summed E-state index contributed by atoms with van der Waals surface area (Å²) in [5.41, 5.74) is 4.00. The number of fused-ring (bicyclic) bond motifs is 1. The van der Waals surface area contributed by atoms with Gasteiger partial charge >= 0.3 is 5.97 Å². The number of rotatable bonds is 4. The summed E-state index contributed by atoms with van der Waals surface area (Å²) in [5, 5.41) is 1.77. The molecule has 0 fully saturated rings. The van der Waals surface area contributed by atoms with Gasteiger partial charge in [0, 0.05) is 33.6 Å². The lowest BCUT2D eigenvalue weighted by Gasteiger charge is -2.17. The molecule has 124 valence electrons. The van der Waals surface area contributed by atoms with Gasteiger partial charge in [-0.3, -0.25) is 9.59 Å². The SMILES string of the molecule is CC(=O)Oc1c(CC(Br)CBr)cc2c(C)c(C)c(=O)[nH]c2c1C. The van der Waals surface area contributed by atoms with Gasteiger partial charge in [0.1, 0.15) is 5.75 Å². The van der Waals surface area contributed by atoms with Gasteiger partial charge in [-0.05, 0) is 44.4 Å². The summed E-state index contributed by atoms with van der Waals surface area (Å²) in [6, 6.07) is 2.01. The molecule has 0 bridgehead atoms. The maximum Gasteiger partial charge on any atom is 0.308 e. The second-order valence-corrected chi connectivity index (χ2v) is 7.61. The van der Waals surface area contributed by atoms with Gasteiger partial charge in [0.25, 0.3) is 5.56 Å². The number of ether oxygens (including phenoxy) is 1. The van der Waals surface area contributed by atoms with E-state index in [9.17, 15) is 9.59 Å². The van der Waals surface area contributed by atoms with E-state index < -0.39 is 0 Å². The monoisotopic (exact) mass is 443 g/mol. The van der Waals surface area contributed by atoms with Crippen molar-refractivity contribution in [1.82, 2.24) is 4.98 Å². The summed E-state index contributed by atoms with van der Waals surface area (Å²) in [6.07, 6.45) is 0.711. The normalized spacial score (nSPS) is 12.4. The summed E-state index contributed by atoms with van der Waals surface area (Å²) in [4.78, 5) is 26.7. The van der Waals surface area contributed by atoms with Gasteiger partial charge in [0.2, 0.25) is 0 Å². The van der Waals surface area contributed by atoms with E-state index >= 15 is 0 Å². The fourth-order valence-electron chi connectivity index (χ4n) is 2.64. The highest BCUT2D eigenvalue weighted by Crippen LogP contribution is 2.34. The number of pyridine rings is 1. The molecule has 0 saturated carbocycles. The number of H-pyrrole nitrogens is 1. The Kier molecular flexibility index (Phi) is 5.68. The first-order valence-electron chi connectivity index (χ1n) is 7.30. The van der Waals surface area contributed by atoms with Crippen molar-refractivity contribution in [3.63, 3.8) is 0 Å². The molecule has 0 aliphatic carbocycles. The van der Waals surface area contributed by atoms with Gasteiger partial charge in [-0.1, -0.05) is 31.9 Å². The van der Waals surface area contributed by atoms with E-state index in [0.717, 1.165) is 32.9 Å². The standard InChI is InChI=1S/C17H19Br2NO3/c1-8-9(2)17(22)20-15-10(3)16(23-11(4)21)12(6-14(8)15)5-13(19)7-18/h6,13H,5,7H2,1-4H3,(H,20,22). The molecule has 1 atom stereocenters. The minimum absolute atomic E-state index is 0.113. The lowest BCUT2D eigenvalue weighted by molar-refractivity contribution is -0.131. The van der Waals surface area contributed by atoms with Crippen LogP contribution in [0.5, 0.6) is 5.75 Å². The van der Waals surface area contributed by atoms with Gasteiger partial charge in [-0.2, -0.15) is 0 Å². The molecule has 4 nitrogen and oxygen atoms in total. The molecule has 0 spiro atoms. The number of halogens is 2. The van der Waals surface area contributed by atoms with Crippen LogP contribution in [0.3, 0.4) is 0 Å². The molecule has 2 rings (SSSR count). The van der Waals surface area contributed by atoms with Crippen molar-refractivity contribution in [3.8, 4) is 5.75 Å². The number of esters is 1. The smallest absolute Gasteiger partial charge is 0.308 e. The minimum atomic E-state index is -0.371. The number of alkyl halides is 2. The zero-order valence-electron chi connectivity index (χ0n) is 13.5. The van der Waals surface area contributed by atoms with E-state index in [4.69, 9.17) is 4.74 Å². The average molecular weight is 445 g/mol. The number of carbonyl (C=O) groups excluding carboxylic acids is 1. The number of hydrogen-bond acceptors (Lipinski definition) is 3. The van der Waals surface area contributed by atoms with Crippen LogP contribution in [0.2, 0.25) is 0 Å². The molecule has 1 unspecified atom stereocenters. The molecular formula is C17H19Br2NO3. The Bertz CT molecular complexity index is 827. The molecule has 0 amide bonds. The van der Waals surface area contributed by atoms with Crippen LogP contribution in [-0.2, 0) is 11.2 Å². The summed E-state index contributed by atoms with van der Waals surface area (Å²) < 4.78 is 5.44. The van der Waals surface area contributed by atoms with Gasteiger partial charge < -0.3 is 9.72 Å². The van der Waals surface area contributed by atoms with Crippen LogP contribution in [0.15, 0.2) is 10.9 Å². The first-order chi connectivity index (χ1) is 10.8. The number of aryl methyl sites for hydroxylation is 2. The lowest BCUT2D eigenvalue weighted by Crippen LogP contribution is -2.15. The molecule has 23 heavy (non-hydrogen) atoms. The maximum absolute atomic E-state index is 12.1. The van der Waals surface area contributed by atoms with E-state index in [1.807, 2.05) is 26.8 Å². The summed E-state index contributed by atoms with van der Waals surface area (Å²) in [7, 11) is 0. The Morgan fingerprint density at radius 2 is 1.91 bits per heavy atom. The minimum Gasteiger partial charge on any atom is -0.426 e. The Hall–Kier alpha value is -1.14. The predicted octanol–water partition coefficient (Wildman–Crippen LogP) is 4.08. The van der Waals surface area contributed by atoms with E-state index in [0.29, 0.717) is 17.7 Å². The van der Waals surface area contributed by atoms with Crippen molar-refractivity contribution in [2.45, 2.75) is 38.9 Å². The van der Waals surface area contributed by atoms with Crippen molar-refractivity contribution in [3.05, 3.63) is 38.7 Å².